The van der Waals surface area contributed by atoms with Crippen LogP contribution >= 0.6 is 0 Å². The first-order valence-corrected chi connectivity index (χ1v) is 7.77. The van der Waals surface area contributed by atoms with Gasteiger partial charge in [0.1, 0.15) is 5.60 Å². The molecule has 0 aliphatic rings. The van der Waals surface area contributed by atoms with E-state index in [1.54, 1.807) is 20.8 Å². The molecule has 0 fully saturated rings. The summed E-state index contributed by atoms with van der Waals surface area (Å²) in [7, 11) is 0. The minimum Gasteiger partial charge on any atom is -0.443 e. The van der Waals surface area contributed by atoms with Crippen LogP contribution in [-0.4, -0.2) is 42.3 Å². The fourth-order valence-electron chi connectivity index (χ4n) is 1.89. The summed E-state index contributed by atoms with van der Waals surface area (Å²) < 4.78 is 5.22. The summed E-state index contributed by atoms with van der Waals surface area (Å²) in [6, 6.07) is 7.61. The predicted octanol–water partition coefficient (Wildman–Crippen LogP) is 2.44. The van der Waals surface area contributed by atoms with Gasteiger partial charge in [0.2, 0.25) is 0 Å². The largest absolute Gasteiger partial charge is 0.443 e. The van der Waals surface area contributed by atoms with Crippen LogP contribution in [0.25, 0.3) is 0 Å². The van der Waals surface area contributed by atoms with Crippen molar-refractivity contribution in [2.75, 3.05) is 19.6 Å². The number of hydrogen-bond acceptors (Lipinski definition) is 4. The molecule has 128 valence electrons. The van der Waals surface area contributed by atoms with Crippen LogP contribution in [0.1, 0.15) is 31.9 Å². The molecule has 0 bridgehead atoms. The van der Waals surface area contributed by atoms with E-state index < -0.39 is 17.7 Å². The van der Waals surface area contributed by atoms with E-state index in [4.69, 9.17) is 10.5 Å². The third kappa shape index (κ3) is 7.15. The maximum atomic E-state index is 12.2. The zero-order chi connectivity index (χ0) is 17.5. The number of nitrogens with one attached hydrogen (secondary N) is 1. The number of nitrogens with two attached hydrogens (primary N) is 1. The highest BCUT2D eigenvalue weighted by molar-refractivity contribution is 5.91. The van der Waals surface area contributed by atoms with E-state index in [0.717, 1.165) is 10.5 Å². The van der Waals surface area contributed by atoms with Crippen LogP contribution in [0.15, 0.2) is 24.3 Å². The summed E-state index contributed by atoms with van der Waals surface area (Å²) >= 11 is 0. The molecule has 0 spiro atoms. The van der Waals surface area contributed by atoms with Gasteiger partial charge < -0.3 is 15.8 Å². The summed E-state index contributed by atoms with van der Waals surface area (Å²) in [5, 5.41) is 2.73. The summed E-state index contributed by atoms with van der Waals surface area (Å²) in [4.78, 5) is 25.2. The summed E-state index contributed by atoms with van der Waals surface area (Å²) in [6.45, 7) is 8.02. The van der Waals surface area contributed by atoms with Gasteiger partial charge in [-0.15, -0.1) is 0 Å². The Labute approximate surface area is 138 Å². The van der Waals surface area contributed by atoms with Crippen molar-refractivity contribution >= 4 is 12.1 Å². The lowest BCUT2D eigenvalue weighted by Gasteiger charge is -2.26. The number of urea groups is 1. The molecule has 1 rings (SSSR count). The number of imide groups is 1. The molecule has 0 heterocycles. The first kappa shape index (κ1) is 19.0. The molecule has 1 aromatic rings. The Morgan fingerprint density at radius 1 is 1.22 bits per heavy atom. The average molecular weight is 321 g/mol. The smallest absolute Gasteiger partial charge is 0.418 e. The number of hydrogen-bond donors (Lipinski definition) is 2. The molecule has 0 saturated heterocycles. The summed E-state index contributed by atoms with van der Waals surface area (Å²) in [5.41, 5.74) is 7.13. The van der Waals surface area contributed by atoms with Gasteiger partial charge in [0.15, 0.2) is 0 Å². The third-order valence-electron chi connectivity index (χ3n) is 3.02. The lowest BCUT2D eigenvalue weighted by Crippen LogP contribution is -2.48. The van der Waals surface area contributed by atoms with E-state index in [1.807, 2.05) is 31.2 Å². The molecule has 0 aliphatic heterocycles. The van der Waals surface area contributed by atoms with Crippen molar-refractivity contribution in [3.05, 3.63) is 35.4 Å². The average Bonchev–Trinajstić information content (AvgIpc) is 2.44. The molecule has 3 N–H and O–H groups in total. The molecular weight excluding hydrogens is 294 g/mol. The SMILES string of the molecule is Cc1ccc(CCNC(=O)N(CCN)C(=O)OC(C)(C)C)cc1. The molecule has 0 aliphatic carbocycles. The van der Waals surface area contributed by atoms with Crippen molar-refractivity contribution in [1.82, 2.24) is 10.2 Å². The Balaban J connectivity index is 2.53. The first-order valence-electron chi connectivity index (χ1n) is 7.77. The molecular formula is C17H27N3O3. The minimum atomic E-state index is -0.684. The van der Waals surface area contributed by atoms with Crippen molar-refractivity contribution in [1.29, 1.82) is 0 Å². The van der Waals surface area contributed by atoms with Gasteiger partial charge >= 0.3 is 12.1 Å². The van der Waals surface area contributed by atoms with Gasteiger partial charge in [0.25, 0.3) is 0 Å². The second-order valence-corrected chi connectivity index (χ2v) is 6.39. The van der Waals surface area contributed by atoms with Gasteiger partial charge in [-0.05, 0) is 39.7 Å². The van der Waals surface area contributed by atoms with Crippen molar-refractivity contribution in [2.24, 2.45) is 5.73 Å². The number of nitrogens with zero attached hydrogens (tertiary/aromatic N) is 1. The van der Waals surface area contributed by atoms with Crippen LogP contribution in [0.5, 0.6) is 0 Å². The fourth-order valence-corrected chi connectivity index (χ4v) is 1.89. The van der Waals surface area contributed by atoms with E-state index in [2.05, 4.69) is 5.32 Å². The maximum Gasteiger partial charge on any atom is 0.418 e. The number of ether oxygens (including phenoxy) is 1. The first-order chi connectivity index (χ1) is 10.7. The van der Waals surface area contributed by atoms with Crippen molar-refractivity contribution in [3.63, 3.8) is 0 Å². The monoisotopic (exact) mass is 321 g/mol. The lowest BCUT2D eigenvalue weighted by molar-refractivity contribution is 0.0325. The molecule has 3 amide bonds. The highest BCUT2D eigenvalue weighted by Crippen LogP contribution is 2.10. The van der Waals surface area contributed by atoms with E-state index in [1.165, 1.54) is 5.56 Å². The normalized spacial score (nSPS) is 11.0. The molecule has 0 radical (unpaired) electrons. The Morgan fingerprint density at radius 2 is 1.83 bits per heavy atom. The topological polar surface area (TPSA) is 84.7 Å². The van der Waals surface area contributed by atoms with Crippen LogP contribution in [0.3, 0.4) is 0 Å². The van der Waals surface area contributed by atoms with E-state index >= 15 is 0 Å². The van der Waals surface area contributed by atoms with Crippen LogP contribution in [-0.2, 0) is 11.2 Å². The number of rotatable bonds is 5. The standard InChI is InChI=1S/C17H27N3O3/c1-13-5-7-14(8-6-13)9-11-19-15(21)20(12-10-18)16(22)23-17(2,3)4/h5-8H,9-12,18H2,1-4H3,(H,19,21). The van der Waals surface area contributed by atoms with Crippen LogP contribution in [0.2, 0.25) is 0 Å². The molecule has 23 heavy (non-hydrogen) atoms. The maximum absolute atomic E-state index is 12.2. The molecule has 1 aromatic carbocycles. The number of aryl methyl sites for hydroxylation is 1. The molecule has 0 atom stereocenters. The number of benzene rings is 1. The van der Waals surface area contributed by atoms with E-state index in [9.17, 15) is 9.59 Å². The second kappa shape index (κ2) is 8.53. The van der Waals surface area contributed by atoms with Gasteiger partial charge in [0, 0.05) is 19.6 Å². The molecule has 0 aromatic heterocycles. The molecule has 0 unspecified atom stereocenters. The van der Waals surface area contributed by atoms with Crippen LogP contribution in [0.4, 0.5) is 9.59 Å². The second-order valence-electron chi connectivity index (χ2n) is 6.39. The van der Waals surface area contributed by atoms with Crippen molar-refractivity contribution < 1.29 is 14.3 Å². The molecule has 6 heteroatoms. The van der Waals surface area contributed by atoms with Gasteiger partial charge in [-0.1, -0.05) is 29.8 Å². The van der Waals surface area contributed by atoms with Crippen molar-refractivity contribution in [2.45, 2.75) is 39.7 Å². The van der Waals surface area contributed by atoms with Crippen molar-refractivity contribution in [3.8, 4) is 0 Å². The van der Waals surface area contributed by atoms with Gasteiger partial charge in [-0.2, -0.15) is 0 Å². The van der Waals surface area contributed by atoms with Crippen LogP contribution in [0, 0.1) is 6.92 Å². The molecule has 6 nitrogen and oxygen atoms in total. The zero-order valence-electron chi connectivity index (χ0n) is 14.4. The Morgan fingerprint density at radius 3 is 2.35 bits per heavy atom. The van der Waals surface area contributed by atoms with Gasteiger partial charge in [0.05, 0.1) is 0 Å². The van der Waals surface area contributed by atoms with Gasteiger partial charge in [-0.3, -0.25) is 0 Å². The van der Waals surface area contributed by atoms with E-state index in [-0.39, 0.29) is 13.1 Å². The summed E-state index contributed by atoms with van der Waals surface area (Å²) in [6.07, 6.45) is 0.00682. The number of carbonyl (C=O) groups excluding carboxylic acids is 2. The van der Waals surface area contributed by atoms with Crippen LogP contribution < -0.4 is 11.1 Å². The Bertz CT molecular complexity index is 521. The number of carbonyl (C=O) groups is 2. The lowest BCUT2D eigenvalue weighted by atomic mass is 10.1. The third-order valence-corrected chi connectivity index (χ3v) is 3.02. The zero-order valence-corrected chi connectivity index (χ0v) is 14.4. The Kier molecular flexibility index (Phi) is 7.03. The van der Waals surface area contributed by atoms with E-state index in [0.29, 0.717) is 13.0 Å². The summed E-state index contributed by atoms with van der Waals surface area (Å²) in [5.74, 6) is 0. The highest BCUT2D eigenvalue weighted by atomic mass is 16.6. The quantitative estimate of drug-likeness (QED) is 0.872. The Hall–Kier alpha value is -2.08. The predicted molar refractivity (Wildman–Crippen MR) is 90.3 cm³/mol. The van der Waals surface area contributed by atoms with Gasteiger partial charge in [-0.25, -0.2) is 14.5 Å². The minimum absolute atomic E-state index is 0.116. The number of amides is 3. The molecule has 0 saturated carbocycles. The fraction of sp³-hybridized carbons (Fsp3) is 0.529. The highest BCUT2D eigenvalue weighted by Gasteiger charge is 2.26.